The van der Waals surface area contributed by atoms with E-state index in [9.17, 15) is 14.3 Å². The molecule has 1 aromatic rings. The third-order valence-electron chi connectivity index (χ3n) is 5.64. The van der Waals surface area contributed by atoms with Gasteiger partial charge in [-0.2, -0.15) is 0 Å². The molecule has 1 aliphatic carbocycles. The largest absolute Gasteiger partial charge is 0.391 e. The van der Waals surface area contributed by atoms with E-state index >= 15 is 0 Å². The predicted molar refractivity (Wildman–Crippen MR) is 103 cm³/mol. The summed E-state index contributed by atoms with van der Waals surface area (Å²) in [5, 5.41) is 13.4. The molecule has 1 aromatic carbocycles. The summed E-state index contributed by atoms with van der Waals surface area (Å²) < 4.78 is 17.9. The molecule has 1 heterocycles. The first-order chi connectivity index (χ1) is 13.0. The number of carbonyl (C=O) groups is 1. The van der Waals surface area contributed by atoms with Crippen LogP contribution in [0.15, 0.2) is 30.3 Å². The highest BCUT2D eigenvalue weighted by Gasteiger charge is 2.41. The SMILES string of the molecule is COCCC(=O)N[C@H]1C[C@H]2CN(C/C=C/c3ccc(F)cc3)C[C@H]2C[C@@H]1O. The van der Waals surface area contributed by atoms with E-state index in [0.29, 0.717) is 24.9 Å². The summed E-state index contributed by atoms with van der Waals surface area (Å²) in [6, 6.07) is 6.30. The normalized spacial score (nSPS) is 28.4. The molecule has 4 atom stereocenters. The Morgan fingerprint density at radius 3 is 2.70 bits per heavy atom. The molecule has 0 bridgehead atoms. The van der Waals surface area contributed by atoms with Crippen molar-refractivity contribution < 1.29 is 19.0 Å². The number of halogens is 1. The monoisotopic (exact) mass is 376 g/mol. The number of ether oxygens (including phenoxy) is 1. The van der Waals surface area contributed by atoms with Gasteiger partial charge in [0.25, 0.3) is 0 Å². The number of fused-ring (bicyclic) bond motifs is 1. The van der Waals surface area contributed by atoms with Crippen molar-refractivity contribution >= 4 is 12.0 Å². The number of aliphatic hydroxyl groups excluding tert-OH is 1. The summed E-state index contributed by atoms with van der Waals surface area (Å²) in [4.78, 5) is 14.3. The van der Waals surface area contributed by atoms with Gasteiger partial charge in [-0.25, -0.2) is 4.39 Å². The molecule has 1 saturated heterocycles. The van der Waals surface area contributed by atoms with E-state index < -0.39 is 6.10 Å². The van der Waals surface area contributed by atoms with Gasteiger partial charge in [0, 0.05) is 33.2 Å². The fourth-order valence-corrected chi connectivity index (χ4v) is 4.22. The minimum absolute atomic E-state index is 0.0589. The molecule has 27 heavy (non-hydrogen) atoms. The number of aliphatic hydroxyl groups is 1. The van der Waals surface area contributed by atoms with Crippen molar-refractivity contribution in [2.24, 2.45) is 11.8 Å². The molecule has 1 aliphatic heterocycles. The van der Waals surface area contributed by atoms with Gasteiger partial charge in [-0.05, 0) is 42.4 Å². The molecule has 5 nitrogen and oxygen atoms in total. The Balaban J connectivity index is 1.47. The number of benzene rings is 1. The van der Waals surface area contributed by atoms with Crippen LogP contribution in [0.2, 0.25) is 0 Å². The minimum atomic E-state index is -0.479. The number of nitrogens with zero attached hydrogens (tertiary/aromatic N) is 1. The molecule has 2 N–H and O–H groups in total. The van der Waals surface area contributed by atoms with E-state index in [1.165, 1.54) is 12.1 Å². The van der Waals surface area contributed by atoms with Crippen molar-refractivity contribution in [1.82, 2.24) is 10.2 Å². The smallest absolute Gasteiger partial charge is 0.222 e. The van der Waals surface area contributed by atoms with E-state index in [2.05, 4.69) is 16.3 Å². The average molecular weight is 376 g/mol. The Hall–Kier alpha value is -1.76. The predicted octanol–water partition coefficient (Wildman–Crippen LogP) is 2.06. The summed E-state index contributed by atoms with van der Waals surface area (Å²) in [6.07, 6.45) is 5.52. The lowest BCUT2D eigenvalue weighted by Gasteiger charge is -2.35. The summed E-state index contributed by atoms with van der Waals surface area (Å²) in [5.74, 6) is 0.696. The molecule has 3 rings (SSSR count). The van der Waals surface area contributed by atoms with E-state index in [1.54, 1.807) is 19.2 Å². The van der Waals surface area contributed by atoms with Gasteiger partial charge in [0.05, 0.1) is 18.8 Å². The molecule has 0 spiro atoms. The van der Waals surface area contributed by atoms with Crippen molar-refractivity contribution in [3.63, 3.8) is 0 Å². The Bertz CT molecular complexity index is 649. The number of likely N-dealkylation sites (tertiary alicyclic amines) is 1. The highest BCUT2D eigenvalue weighted by Crippen LogP contribution is 2.36. The van der Waals surface area contributed by atoms with Gasteiger partial charge >= 0.3 is 0 Å². The highest BCUT2D eigenvalue weighted by atomic mass is 19.1. The fraction of sp³-hybridized carbons (Fsp3) is 0.571. The molecule has 1 saturated carbocycles. The maximum Gasteiger partial charge on any atom is 0.222 e. The minimum Gasteiger partial charge on any atom is -0.391 e. The zero-order valence-corrected chi connectivity index (χ0v) is 15.8. The van der Waals surface area contributed by atoms with Gasteiger partial charge < -0.3 is 15.2 Å². The van der Waals surface area contributed by atoms with Crippen molar-refractivity contribution in [3.8, 4) is 0 Å². The summed E-state index contributed by atoms with van der Waals surface area (Å²) >= 11 is 0. The first-order valence-electron chi connectivity index (χ1n) is 9.66. The lowest BCUT2D eigenvalue weighted by Crippen LogP contribution is -2.49. The van der Waals surface area contributed by atoms with Crippen LogP contribution in [0.3, 0.4) is 0 Å². The molecule has 2 fully saturated rings. The van der Waals surface area contributed by atoms with Crippen LogP contribution in [0.5, 0.6) is 0 Å². The number of rotatable bonds is 7. The highest BCUT2D eigenvalue weighted by molar-refractivity contribution is 5.76. The third kappa shape index (κ3) is 5.61. The number of hydrogen-bond acceptors (Lipinski definition) is 4. The lowest BCUT2D eigenvalue weighted by atomic mass is 9.77. The van der Waals surface area contributed by atoms with Crippen LogP contribution < -0.4 is 5.32 Å². The summed E-state index contributed by atoms with van der Waals surface area (Å²) in [7, 11) is 1.57. The van der Waals surface area contributed by atoms with Gasteiger partial charge in [0.2, 0.25) is 5.91 Å². The van der Waals surface area contributed by atoms with Gasteiger partial charge in [-0.1, -0.05) is 24.3 Å². The Morgan fingerprint density at radius 2 is 2.00 bits per heavy atom. The standard InChI is InChI=1S/C21H29FN2O3/c1-27-10-8-21(26)23-19-11-16-13-24(14-17(16)12-20(19)25)9-2-3-15-4-6-18(22)7-5-15/h2-7,16-17,19-20,25H,8-14H2,1H3,(H,23,26)/b3-2+/t16-,17+,19-,20-/m0/s1. The molecule has 0 radical (unpaired) electrons. The number of nitrogens with one attached hydrogen (secondary N) is 1. The quantitative estimate of drug-likeness (QED) is 0.765. The maximum absolute atomic E-state index is 12.9. The first kappa shape index (κ1) is 20.0. The van der Waals surface area contributed by atoms with E-state index in [1.807, 2.05) is 6.08 Å². The summed E-state index contributed by atoms with van der Waals surface area (Å²) in [5.41, 5.74) is 0.988. The molecule has 1 amide bonds. The number of carbonyl (C=O) groups excluding carboxylic acids is 1. The van der Waals surface area contributed by atoms with E-state index in [-0.39, 0.29) is 17.8 Å². The molecule has 0 unspecified atom stereocenters. The Kier molecular flexibility index (Phi) is 6.99. The van der Waals surface area contributed by atoms with Crippen LogP contribution in [0, 0.1) is 17.7 Å². The molecule has 0 aromatic heterocycles. The molecule has 2 aliphatic rings. The second-order valence-electron chi connectivity index (χ2n) is 7.65. The van der Waals surface area contributed by atoms with Crippen molar-refractivity contribution in [1.29, 1.82) is 0 Å². The van der Waals surface area contributed by atoms with Crippen molar-refractivity contribution in [3.05, 3.63) is 41.7 Å². The van der Waals surface area contributed by atoms with Crippen LogP contribution in [0.1, 0.15) is 24.8 Å². The molecular weight excluding hydrogens is 347 g/mol. The lowest BCUT2D eigenvalue weighted by molar-refractivity contribution is -0.124. The average Bonchev–Trinajstić information content (AvgIpc) is 3.03. The van der Waals surface area contributed by atoms with Crippen LogP contribution in [-0.2, 0) is 9.53 Å². The zero-order chi connectivity index (χ0) is 19.2. The number of amides is 1. The fourth-order valence-electron chi connectivity index (χ4n) is 4.22. The van der Waals surface area contributed by atoms with Gasteiger partial charge in [-0.3, -0.25) is 9.69 Å². The van der Waals surface area contributed by atoms with Crippen LogP contribution in [0.25, 0.3) is 6.08 Å². The number of hydrogen-bond donors (Lipinski definition) is 2. The zero-order valence-electron chi connectivity index (χ0n) is 15.8. The van der Waals surface area contributed by atoms with Crippen LogP contribution >= 0.6 is 0 Å². The van der Waals surface area contributed by atoms with Crippen LogP contribution in [-0.4, -0.2) is 61.4 Å². The van der Waals surface area contributed by atoms with Crippen molar-refractivity contribution in [2.75, 3.05) is 33.4 Å². The van der Waals surface area contributed by atoms with E-state index in [4.69, 9.17) is 4.74 Å². The topological polar surface area (TPSA) is 61.8 Å². The van der Waals surface area contributed by atoms with Crippen LogP contribution in [0.4, 0.5) is 4.39 Å². The Morgan fingerprint density at radius 1 is 1.30 bits per heavy atom. The van der Waals surface area contributed by atoms with Gasteiger partial charge in [0.15, 0.2) is 0 Å². The Labute approximate surface area is 160 Å². The third-order valence-corrected chi connectivity index (χ3v) is 5.64. The maximum atomic E-state index is 12.9. The van der Waals surface area contributed by atoms with Crippen molar-refractivity contribution in [2.45, 2.75) is 31.4 Å². The molecule has 6 heteroatoms. The number of methoxy groups -OCH3 is 1. The van der Waals surface area contributed by atoms with Gasteiger partial charge in [0.1, 0.15) is 5.82 Å². The van der Waals surface area contributed by atoms with E-state index in [0.717, 1.165) is 38.0 Å². The van der Waals surface area contributed by atoms with Gasteiger partial charge in [-0.15, -0.1) is 0 Å². The first-order valence-corrected chi connectivity index (χ1v) is 9.66. The second-order valence-corrected chi connectivity index (χ2v) is 7.65. The molecule has 148 valence electrons. The summed E-state index contributed by atoms with van der Waals surface area (Å²) in [6.45, 7) is 3.19. The molecular formula is C21H29FN2O3. The second kappa shape index (κ2) is 9.44.